The first-order chi connectivity index (χ1) is 8.41. The molecule has 0 aliphatic carbocycles. The van der Waals surface area contributed by atoms with Crippen LogP contribution >= 0.6 is 0 Å². The summed E-state index contributed by atoms with van der Waals surface area (Å²) in [4.78, 5) is -0.102. The van der Waals surface area contributed by atoms with Crippen LogP contribution in [0.25, 0.3) is 0 Å². The van der Waals surface area contributed by atoms with E-state index in [1.807, 2.05) is 0 Å². The minimum absolute atomic E-state index is 0.0294. The Morgan fingerprint density at radius 2 is 1.53 bits per heavy atom. The van der Waals surface area contributed by atoms with Gasteiger partial charge in [0.25, 0.3) is 0 Å². The zero-order valence-corrected chi connectivity index (χ0v) is 12.9. The van der Waals surface area contributed by atoms with Crippen molar-refractivity contribution in [1.29, 1.82) is 0 Å². The predicted molar refractivity (Wildman–Crippen MR) is 75.0 cm³/mol. The third kappa shape index (κ3) is 5.17. The molecule has 0 amide bonds. The van der Waals surface area contributed by atoms with Crippen LogP contribution in [0.5, 0.6) is 0 Å². The molecule has 0 atom stereocenters. The van der Waals surface area contributed by atoms with E-state index in [1.165, 1.54) is 18.2 Å². The van der Waals surface area contributed by atoms with Crippen LogP contribution in [-0.4, -0.2) is 28.6 Å². The standard InChI is InChI=1S/C11H18N2O4S2/c1-11(2,3)13-19(16,17)10-8-6-5-7-9(10)12-18(4,14)15/h5-8,12-13H,1-4H3. The normalized spacial score (nSPS) is 13.3. The van der Waals surface area contributed by atoms with E-state index in [4.69, 9.17) is 0 Å². The Labute approximate surface area is 114 Å². The maximum atomic E-state index is 12.2. The van der Waals surface area contributed by atoms with Crippen LogP contribution in [-0.2, 0) is 20.0 Å². The molecule has 2 N–H and O–H groups in total. The molecule has 0 unspecified atom stereocenters. The van der Waals surface area contributed by atoms with Crippen molar-refractivity contribution in [3.05, 3.63) is 24.3 Å². The van der Waals surface area contributed by atoms with E-state index in [1.54, 1.807) is 26.8 Å². The quantitative estimate of drug-likeness (QED) is 0.872. The number of rotatable bonds is 4. The lowest BCUT2D eigenvalue weighted by molar-refractivity contribution is 0.492. The van der Waals surface area contributed by atoms with Crippen LogP contribution in [0.15, 0.2) is 29.2 Å². The van der Waals surface area contributed by atoms with Crippen molar-refractivity contribution in [3.8, 4) is 0 Å². The van der Waals surface area contributed by atoms with Gasteiger partial charge in [0.2, 0.25) is 20.0 Å². The van der Waals surface area contributed by atoms with E-state index in [-0.39, 0.29) is 10.6 Å². The SMILES string of the molecule is CC(C)(C)NS(=O)(=O)c1ccccc1NS(C)(=O)=O. The largest absolute Gasteiger partial charge is 0.282 e. The summed E-state index contributed by atoms with van der Waals surface area (Å²) in [6.45, 7) is 5.12. The smallest absolute Gasteiger partial charge is 0.243 e. The van der Waals surface area contributed by atoms with Crippen LogP contribution < -0.4 is 9.44 Å². The van der Waals surface area contributed by atoms with Crippen molar-refractivity contribution in [1.82, 2.24) is 4.72 Å². The Bertz CT molecular complexity index is 658. The molecule has 19 heavy (non-hydrogen) atoms. The number of para-hydroxylation sites is 1. The predicted octanol–water partition coefficient (Wildman–Crippen LogP) is 1.13. The number of hydrogen-bond donors (Lipinski definition) is 2. The third-order valence-electron chi connectivity index (χ3n) is 1.91. The molecule has 0 fully saturated rings. The molecular weight excluding hydrogens is 288 g/mol. The monoisotopic (exact) mass is 306 g/mol. The van der Waals surface area contributed by atoms with Gasteiger partial charge in [0.15, 0.2) is 0 Å². The molecule has 1 aromatic carbocycles. The molecule has 1 rings (SSSR count). The molecule has 0 aliphatic rings. The molecule has 0 heterocycles. The second-order valence-electron chi connectivity index (χ2n) is 5.23. The number of anilines is 1. The van der Waals surface area contributed by atoms with Crippen molar-refractivity contribution < 1.29 is 16.8 Å². The molecule has 108 valence electrons. The molecule has 0 radical (unpaired) electrons. The highest BCUT2D eigenvalue weighted by molar-refractivity contribution is 7.92. The van der Waals surface area contributed by atoms with Gasteiger partial charge in [0.05, 0.1) is 11.9 Å². The van der Waals surface area contributed by atoms with Crippen LogP contribution in [0.4, 0.5) is 5.69 Å². The number of nitrogens with one attached hydrogen (secondary N) is 2. The lowest BCUT2D eigenvalue weighted by atomic mass is 10.1. The lowest BCUT2D eigenvalue weighted by Gasteiger charge is -2.21. The lowest BCUT2D eigenvalue weighted by Crippen LogP contribution is -2.40. The van der Waals surface area contributed by atoms with Crippen molar-refractivity contribution in [2.24, 2.45) is 0 Å². The van der Waals surface area contributed by atoms with E-state index in [0.717, 1.165) is 6.26 Å². The van der Waals surface area contributed by atoms with Gasteiger partial charge in [-0.25, -0.2) is 21.6 Å². The second kappa shape index (κ2) is 5.10. The van der Waals surface area contributed by atoms with Crippen LogP contribution in [0.1, 0.15) is 20.8 Å². The van der Waals surface area contributed by atoms with E-state index < -0.39 is 25.6 Å². The second-order valence-corrected chi connectivity index (χ2v) is 8.63. The number of hydrogen-bond acceptors (Lipinski definition) is 4. The summed E-state index contributed by atoms with van der Waals surface area (Å²) in [6, 6.07) is 5.84. The maximum Gasteiger partial charge on any atom is 0.243 e. The van der Waals surface area contributed by atoms with Gasteiger partial charge < -0.3 is 0 Å². The summed E-state index contributed by atoms with van der Waals surface area (Å²) in [6.07, 6.45) is 0.966. The zero-order valence-electron chi connectivity index (χ0n) is 11.3. The van der Waals surface area contributed by atoms with Gasteiger partial charge in [-0.15, -0.1) is 0 Å². The number of benzene rings is 1. The molecule has 8 heteroatoms. The highest BCUT2D eigenvalue weighted by Crippen LogP contribution is 2.22. The van der Waals surface area contributed by atoms with Gasteiger partial charge in [0.1, 0.15) is 4.90 Å². The minimum atomic E-state index is -3.80. The van der Waals surface area contributed by atoms with Crippen molar-refractivity contribution >= 4 is 25.7 Å². The summed E-state index contributed by atoms with van der Waals surface area (Å²) in [5.74, 6) is 0. The van der Waals surface area contributed by atoms with Gasteiger partial charge in [-0.1, -0.05) is 12.1 Å². The topological polar surface area (TPSA) is 92.3 Å². The van der Waals surface area contributed by atoms with Gasteiger partial charge in [-0.2, -0.15) is 0 Å². The fraction of sp³-hybridized carbons (Fsp3) is 0.455. The first kappa shape index (κ1) is 15.9. The summed E-state index contributed by atoms with van der Waals surface area (Å²) in [7, 11) is -7.34. The maximum absolute atomic E-state index is 12.2. The van der Waals surface area contributed by atoms with Gasteiger partial charge in [-0.3, -0.25) is 4.72 Å². The van der Waals surface area contributed by atoms with E-state index in [2.05, 4.69) is 9.44 Å². The summed E-state index contributed by atoms with van der Waals surface area (Å²) in [5, 5.41) is 0. The number of sulfonamides is 2. The van der Waals surface area contributed by atoms with Crippen LogP contribution in [0.2, 0.25) is 0 Å². The van der Waals surface area contributed by atoms with Gasteiger partial charge >= 0.3 is 0 Å². The molecule has 6 nitrogen and oxygen atoms in total. The fourth-order valence-electron chi connectivity index (χ4n) is 1.44. The van der Waals surface area contributed by atoms with Crippen molar-refractivity contribution in [2.75, 3.05) is 11.0 Å². The highest BCUT2D eigenvalue weighted by Gasteiger charge is 2.25. The molecule has 0 saturated carbocycles. The average molecular weight is 306 g/mol. The Balaban J connectivity index is 3.28. The fourth-order valence-corrected chi connectivity index (χ4v) is 3.67. The Morgan fingerprint density at radius 1 is 1.00 bits per heavy atom. The Kier molecular flexibility index (Phi) is 4.28. The van der Waals surface area contributed by atoms with E-state index in [9.17, 15) is 16.8 Å². The molecular formula is C11H18N2O4S2. The van der Waals surface area contributed by atoms with Crippen molar-refractivity contribution in [2.45, 2.75) is 31.2 Å². The Hall–Kier alpha value is -1.12. The highest BCUT2D eigenvalue weighted by atomic mass is 32.2. The zero-order chi connectivity index (χ0) is 14.9. The van der Waals surface area contributed by atoms with Gasteiger partial charge in [-0.05, 0) is 32.9 Å². The molecule has 0 bridgehead atoms. The summed E-state index contributed by atoms with van der Waals surface area (Å²) in [5.41, 5.74) is -0.626. The third-order valence-corrected chi connectivity index (χ3v) is 4.32. The minimum Gasteiger partial charge on any atom is -0.282 e. The van der Waals surface area contributed by atoms with E-state index >= 15 is 0 Å². The average Bonchev–Trinajstić information content (AvgIpc) is 2.11. The van der Waals surface area contributed by atoms with Crippen LogP contribution in [0, 0.1) is 0 Å². The molecule has 0 aromatic heterocycles. The molecule has 0 spiro atoms. The van der Waals surface area contributed by atoms with Crippen LogP contribution in [0.3, 0.4) is 0 Å². The summed E-state index contributed by atoms with van der Waals surface area (Å²) >= 11 is 0. The summed E-state index contributed by atoms with van der Waals surface area (Å²) < 4.78 is 51.6. The molecule has 1 aromatic rings. The van der Waals surface area contributed by atoms with Gasteiger partial charge in [0, 0.05) is 5.54 Å². The van der Waals surface area contributed by atoms with Crippen molar-refractivity contribution in [3.63, 3.8) is 0 Å². The van der Waals surface area contributed by atoms with E-state index in [0.29, 0.717) is 0 Å². The first-order valence-electron chi connectivity index (χ1n) is 5.51. The first-order valence-corrected chi connectivity index (χ1v) is 8.89. The molecule has 0 saturated heterocycles. The molecule has 0 aliphatic heterocycles. The Morgan fingerprint density at radius 3 is 2.00 bits per heavy atom.